The van der Waals surface area contributed by atoms with Crippen molar-refractivity contribution < 1.29 is 0 Å². The fourth-order valence-electron chi connectivity index (χ4n) is 3.46. The van der Waals surface area contributed by atoms with Crippen molar-refractivity contribution in [2.75, 3.05) is 0 Å². The lowest BCUT2D eigenvalue weighted by Crippen LogP contribution is -2.37. The molecule has 2 aromatic heterocycles. The van der Waals surface area contributed by atoms with E-state index in [0.717, 1.165) is 18.7 Å². The molecule has 2 aromatic rings. The van der Waals surface area contributed by atoms with Crippen molar-refractivity contribution >= 4 is 11.2 Å². The average molecular weight is 290 g/mol. The molecule has 0 bridgehead atoms. The van der Waals surface area contributed by atoms with Gasteiger partial charge in [0.1, 0.15) is 5.82 Å². The molecule has 1 saturated carbocycles. The van der Waals surface area contributed by atoms with E-state index in [0.29, 0.717) is 23.6 Å². The molecule has 0 radical (unpaired) electrons. The van der Waals surface area contributed by atoms with Crippen LogP contribution in [-0.2, 0) is 20.6 Å². The molecule has 3 rings (SSSR count). The molecule has 0 spiro atoms. The van der Waals surface area contributed by atoms with Gasteiger partial charge >= 0.3 is 5.69 Å². The lowest BCUT2D eigenvalue weighted by molar-refractivity contribution is 0.418. The molecule has 114 valence electrons. The van der Waals surface area contributed by atoms with Gasteiger partial charge in [-0.3, -0.25) is 13.9 Å². The summed E-state index contributed by atoms with van der Waals surface area (Å²) in [4.78, 5) is 29.2. The van der Waals surface area contributed by atoms with Gasteiger partial charge in [-0.25, -0.2) is 9.78 Å². The monoisotopic (exact) mass is 290 g/mol. The summed E-state index contributed by atoms with van der Waals surface area (Å²) in [5.74, 6) is 1.39. The molecule has 6 nitrogen and oxygen atoms in total. The standard InChI is InChI=1S/C15H22N4O2/c1-4-19-11-13(17(2)15(21)18(3)14(11)20)16-12(19)10-8-6-5-7-9-10/h10H,4-9H2,1-3H3. The Labute approximate surface area is 123 Å². The van der Waals surface area contributed by atoms with Crippen molar-refractivity contribution in [3.05, 3.63) is 26.7 Å². The van der Waals surface area contributed by atoms with E-state index in [-0.39, 0.29) is 11.2 Å². The summed E-state index contributed by atoms with van der Waals surface area (Å²) in [6.07, 6.45) is 5.96. The molecule has 0 N–H and O–H groups in total. The first-order valence-corrected chi connectivity index (χ1v) is 7.72. The van der Waals surface area contributed by atoms with Crippen LogP contribution in [0, 0.1) is 0 Å². The predicted molar refractivity (Wildman–Crippen MR) is 81.7 cm³/mol. The number of aromatic nitrogens is 4. The van der Waals surface area contributed by atoms with E-state index in [1.807, 2.05) is 11.5 Å². The molecule has 0 atom stereocenters. The van der Waals surface area contributed by atoms with Crippen molar-refractivity contribution in [2.24, 2.45) is 14.1 Å². The molecule has 6 heteroatoms. The van der Waals surface area contributed by atoms with Crippen LogP contribution in [0.5, 0.6) is 0 Å². The highest BCUT2D eigenvalue weighted by Gasteiger charge is 2.25. The highest BCUT2D eigenvalue weighted by atomic mass is 16.2. The lowest BCUT2D eigenvalue weighted by atomic mass is 9.88. The van der Waals surface area contributed by atoms with E-state index in [2.05, 4.69) is 4.98 Å². The predicted octanol–water partition coefficient (Wildman–Crippen LogP) is 1.50. The number of nitrogens with zero attached hydrogens (tertiary/aromatic N) is 4. The molecule has 0 amide bonds. The smallest absolute Gasteiger partial charge is 0.322 e. The second kappa shape index (κ2) is 5.16. The first kappa shape index (κ1) is 14.1. The zero-order valence-electron chi connectivity index (χ0n) is 12.9. The van der Waals surface area contributed by atoms with Gasteiger partial charge in [-0.05, 0) is 19.8 Å². The van der Waals surface area contributed by atoms with Crippen LogP contribution < -0.4 is 11.2 Å². The van der Waals surface area contributed by atoms with Gasteiger partial charge in [0, 0.05) is 26.6 Å². The van der Waals surface area contributed by atoms with Crippen LogP contribution in [0.3, 0.4) is 0 Å². The van der Waals surface area contributed by atoms with Gasteiger partial charge in [-0.1, -0.05) is 19.3 Å². The Hall–Kier alpha value is -1.85. The molecule has 2 heterocycles. The van der Waals surface area contributed by atoms with Gasteiger partial charge in [0.25, 0.3) is 5.56 Å². The third-order valence-corrected chi connectivity index (χ3v) is 4.66. The Balaban J connectivity index is 2.32. The van der Waals surface area contributed by atoms with Crippen LogP contribution in [0.15, 0.2) is 9.59 Å². The number of fused-ring (bicyclic) bond motifs is 1. The van der Waals surface area contributed by atoms with Gasteiger partial charge in [0.15, 0.2) is 11.2 Å². The zero-order valence-corrected chi connectivity index (χ0v) is 12.9. The third kappa shape index (κ3) is 2.04. The normalized spacial score (nSPS) is 16.7. The van der Waals surface area contributed by atoms with Gasteiger partial charge in [0.2, 0.25) is 0 Å². The third-order valence-electron chi connectivity index (χ3n) is 4.66. The molecule has 0 unspecified atom stereocenters. The summed E-state index contributed by atoms with van der Waals surface area (Å²) in [5.41, 5.74) is 0.515. The number of aryl methyl sites for hydroxylation is 2. The van der Waals surface area contributed by atoms with Gasteiger partial charge in [-0.15, -0.1) is 0 Å². The minimum atomic E-state index is -0.316. The average Bonchev–Trinajstić information content (AvgIpc) is 2.91. The summed E-state index contributed by atoms with van der Waals surface area (Å²) >= 11 is 0. The Bertz CT molecular complexity index is 791. The molecule has 1 fully saturated rings. The summed E-state index contributed by atoms with van der Waals surface area (Å²) in [6, 6.07) is 0. The second-order valence-corrected chi connectivity index (χ2v) is 5.93. The van der Waals surface area contributed by atoms with Crippen molar-refractivity contribution in [3.8, 4) is 0 Å². The Morgan fingerprint density at radius 3 is 2.38 bits per heavy atom. The fourth-order valence-corrected chi connectivity index (χ4v) is 3.46. The van der Waals surface area contributed by atoms with E-state index in [4.69, 9.17) is 0 Å². The van der Waals surface area contributed by atoms with Crippen molar-refractivity contribution in [3.63, 3.8) is 0 Å². The van der Waals surface area contributed by atoms with E-state index in [9.17, 15) is 9.59 Å². The summed E-state index contributed by atoms with van der Waals surface area (Å²) in [6.45, 7) is 2.73. The van der Waals surface area contributed by atoms with Crippen LogP contribution >= 0.6 is 0 Å². The first-order valence-electron chi connectivity index (χ1n) is 7.72. The van der Waals surface area contributed by atoms with Gasteiger partial charge in [0.05, 0.1) is 0 Å². The molecule has 0 saturated heterocycles. The molecule has 1 aliphatic carbocycles. The minimum Gasteiger partial charge on any atom is -0.322 e. The molecule has 21 heavy (non-hydrogen) atoms. The number of hydrogen-bond donors (Lipinski definition) is 0. The molecule has 0 aromatic carbocycles. The fraction of sp³-hybridized carbons (Fsp3) is 0.667. The van der Waals surface area contributed by atoms with Crippen molar-refractivity contribution in [1.82, 2.24) is 18.7 Å². The van der Waals surface area contributed by atoms with Gasteiger partial charge < -0.3 is 4.57 Å². The lowest BCUT2D eigenvalue weighted by Gasteiger charge is -2.21. The molecular formula is C15H22N4O2. The maximum absolute atomic E-state index is 12.5. The van der Waals surface area contributed by atoms with Crippen LogP contribution in [0.2, 0.25) is 0 Å². The largest absolute Gasteiger partial charge is 0.332 e. The summed E-state index contributed by atoms with van der Waals surface area (Å²) in [7, 11) is 3.21. The highest BCUT2D eigenvalue weighted by Crippen LogP contribution is 2.33. The SMILES string of the molecule is CCn1c(C2CCCCC2)nc2c1c(=O)n(C)c(=O)n2C. The van der Waals surface area contributed by atoms with Crippen molar-refractivity contribution in [2.45, 2.75) is 51.5 Å². The first-order chi connectivity index (χ1) is 10.1. The Morgan fingerprint density at radius 1 is 1.10 bits per heavy atom. The summed E-state index contributed by atoms with van der Waals surface area (Å²) in [5, 5.41) is 0. The van der Waals surface area contributed by atoms with Crippen LogP contribution in [-0.4, -0.2) is 18.7 Å². The van der Waals surface area contributed by atoms with E-state index in [1.54, 1.807) is 7.05 Å². The Kier molecular flexibility index (Phi) is 3.47. The molecular weight excluding hydrogens is 268 g/mol. The number of hydrogen-bond acceptors (Lipinski definition) is 3. The summed E-state index contributed by atoms with van der Waals surface area (Å²) < 4.78 is 4.66. The number of rotatable bonds is 2. The Morgan fingerprint density at radius 2 is 1.76 bits per heavy atom. The number of imidazole rings is 1. The zero-order chi connectivity index (χ0) is 15.1. The topological polar surface area (TPSA) is 61.8 Å². The highest BCUT2D eigenvalue weighted by molar-refractivity contribution is 5.71. The maximum Gasteiger partial charge on any atom is 0.332 e. The van der Waals surface area contributed by atoms with Crippen LogP contribution in [0.4, 0.5) is 0 Å². The van der Waals surface area contributed by atoms with E-state index < -0.39 is 0 Å². The molecule has 1 aliphatic rings. The van der Waals surface area contributed by atoms with Crippen molar-refractivity contribution in [1.29, 1.82) is 0 Å². The van der Waals surface area contributed by atoms with E-state index in [1.165, 1.54) is 35.4 Å². The quantitative estimate of drug-likeness (QED) is 0.842. The van der Waals surface area contributed by atoms with E-state index >= 15 is 0 Å². The van der Waals surface area contributed by atoms with Crippen LogP contribution in [0.1, 0.15) is 50.8 Å². The van der Waals surface area contributed by atoms with Gasteiger partial charge in [-0.2, -0.15) is 0 Å². The minimum absolute atomic E-state index is 0.246. The molecule has 0 aliphatic heterocycles. The van der Waals surface area contributed by atoms with Crippen LogP contribution in [0.25, 0.3) is 11.2 Å². The second-order valence-electron chi connectivity index (χ2n) is 5.93. The maximum atomic E-state index is 12.5.